The molecule has 1 amide bonds. The van der Waals surface area contributed by atoms with Crippen LogP contribution in [0, 0.1) is 12.7 Å². The first-order valence-corrected chi connectivity index (χ1v) is 10.7. The number of aryl methyl sites for hydroxylation is 1. The van der Waals surface area contributed by atoms with Crippen molar-refractivity contribution in [2.45, 2.75) is 32.9 Å². The number of carbonyl (C=O) groups is 2. The van der Waals surface area contributed by atoms with Crippen molar-refractivity contribution >= 4 is 23.1 Å². The highest BCUT2D eigenvalue weighted by atomic mass is 19.1. The van der Waals surface area contributed by atoms with E-state index in [4.69, 9.17) is 4.74 Å². The predicted molar refractivity (Wildman–Crippen MR) is 125 cm³/mol. The minimum absolute atomic E-state index is 0.0903. The zero-order valence-corrected chi connectivity index (χ0v) is 18.6. The molecule has 1 atom stereocenters. The summed E-state index contributed by atoms with van der Waals surface area (Å²) in [4.78, 5) is 27.7. The van der Waals surface area contributed by atoms with E-state index in [1.54, 1.807) is 55.5 Å². The summed E-state index contributed by atoms with van der Waals surface area (Å²) in [6.45, 7) is 5.55. The molecule has 5 nitrogen and oxygen atoms in total. The maximum absolute atomic E-state index is 15.0. The Morgan fingerprint density at radius 2 is 1.70 bits per heavy atom. The van der Waals surface area contributed by atoms with Gasteiger partial charge in [-0.05, 0) is 50.6 Å². The van der Waals surface area contributed by atoms with E-state index in [0.717, 1.165) is 5.56 Å². The fraction of sp³-hybridized carbons (Fsp3) is 0.185. The number of nitrogens with zero attached hydrogens (tertiary/aromatic N) is 1. The summed E-state index contributed by atoms with van der Waals surface area (Å²) >= 11 is 0. The van der Waals surface area contributed by atoms with Crippen molar-refractivity contribution in [1.29, 1.82) is 0 Å². The normalized spacial score (nSPS) is 17.6. The fourth-order valence-corrected chi connectivity index (χ4v) is 4.05. The van der Waals surface area contributed by atoms with Gasteiger partial charge in [-0.15, -0.1) is 0 Å². The number of carbonyl (C=O) groups excluding carboxylic acids is 2. The number of ketones is 1. The molecule has 0 radical (unpaired) electrons. The lowest BCUT2D eigenvalue weighted by molar-refractivity contribution is -0.132. The lowest BCUT2D eigenvalue weighted by Crippen LogP contribution is -2.30. The van der Waals surface area contributed by atoms with E-state index in [9.17, 15) is 19.1 Å². The number of rotatable bonds is 5. The van der Waals surface area contributed by atoms with Crippen LogP contribution < -0.4 is 9.64 Å². The van der Waals surface area contributed by atoms with E-state index < -0.39 is 23.5 Å². The third-order valence-electron chi connectivity index (χ3n) is 5.50. The summed E-state index contributed by atoms with van der Waals surface area (Å²) < 4.78 is 20.7. The van der Waals surface area contributed by atoms with Crippen LogP contribution in [0.2, 0.25) is 0 Å². The van der Waals surface area contributed by atoms with Gasteiger partial charge in [0.1, 0.15) is 17.3 Å². The van der Waals surface area contributed by atoms with E-state index in [2.05, 4.69) is 0 Å². The van der Waals surface area contributed by atoms with Gasteiger partial charge in [-0.3, -0.25) is 14.5 Å². The first kappa shape index (κ1) is 22.3. The van der Waals surface area contributed by atoms with Gasteiger partial charge < -0.3 is 9.84 Å². The third-order valence-corrected chi connectivity index (χ3v) is 5.50. The van der Waals surface area contributed by atoms with E-state index in [0.29, 0.717) is 17.0 Å². The Morgan fingerprint density at radius 3 is 2.39 bits per heavy atom. The van der Waals surface area contributed by atoms with Gasteiger partial charge in [-0.2, -0.15) is 0 Å². The van der Waals surface area contributed by atoms with Gasteiger partial charge in [-0.25, -0.2) is 4.39 Å². The second-order valence-corrected chi connectivity index (χ2v) is 8.17. The van der Waals surface area contributed by atoms with Crippen molar-refractivity contribution in [2.75, 3.05) is 4.90 Å². The molecule has 0 aliphatic carbocycles. The van der Waals surface area contributed by atoms with Crippen LogP contribution in [0.15, 0.2) is 78.4 Å². The number of hydrogen-bond donors (Lipinski definition) is 1. The van der Waals surface area contributed by atoms with Crippen LogP contribution in [0.4, 0.5) is 10.1 Å². The van der Waals surface area contributed by atoms with Gasteiger partial charge >= 0.3 is 0 Å². The number of aliphatic hydroxyl groups excluding tert-OH is 1. The maximum Gasteiger partial charge on any atom is 0.300 e. The largest absolute Gasteiger partial charge is 0.507 e. The van der Waals surface area contributed by atoms with Gasteiger partial charge in [0.25, 0.3) is 11.7 Å². The van der Waals surface area contributed by atoms with Crippen LogP contribution in [0.5, 0.6) is 5.75 Å². The number of halogens is 1. The molecule has 1 aliphatic rings. The second-order valence-electron chi connectivity index (χ2n) is 8.17. The molecule has 3 aromatic carbocycles. The molecule has 1 saturated heterocycles. The highest BCUT2D eigenvalue weighted by Gasteiger charge is 2.48. The Labute approximate surface area is 191 Å². The molecule has 1 aliphatic heterocycles. The summed E-state index contributed by atoms with van der Waals surface area (Å²) in [6, 6.07) is 18.5. The smallest absolute Gasteiger partial charge is 0.300 e. The molecule has 3 aromatic rings. The SMILES string of the molecule is Cc1ccccc1N1C(=O)C(=O)/C(=C(/O)c2cccc(OC(C)C)c2)C1c1ccccc1F. The van der Waals surface area contributed by atoms with Crippen molar-refractivity contribution in [2.24, 2.45) is 0 Å². The number of hydrogen-bond acceptors (Lipinski definition) is 4. The zero-order chi connectivity index (χ0) is 23.7. The van der Waals surface area contributed by atoms with Gasteiger partial charge in [-0.1, -0.05) is 48.5 Å². The Hall–Kier alpha value is -3.93. The lowest BCUT2D eigenvalue weighted by atomic mass is 9.94. The third kappa shape index (κ3) is 4.12. The molecule has 33 heavy (non-hydrogen) atoms. The molecule has 1 heterocycles. The molecule has 1 unspecified atom stereocenters. The highest BCUT2D eigenvalue weighted by molar-refractivity contribution is 6.51. The highest BCUT2D eigenvalue weighted by Crippen LogP contribution is 2.43. The number of Topliss-reactive ketones (excluding diaryl/α,β-unsaturated/α-hetero) is 1. The topological polar surface area (TPSA) is 66.8 Å². The van der Waals surface area contributed by atoms with Gasteiger partial charge in [0.2, 0.25) is 0 Å². The molecule has 0 spiro atoms. The molecule has 168 valence electrons. The quantitative estimate of drug-likeness (QED) is 0.318. The molecule has 6 heteroatoms. The predicted octanol–water partition coefficient (Wildman–Crippen LogP) is 5.55. The molecule has 4 rings (SSSR count). The lowest BCUT2D eigenvalue weighted by Gasteiger charge is -2.27. The molecule has 0 saturated carbocycles. The summed E-state index contributed by atoms with van der Waals surface area (Å²) in [5.74, 6) is -2.16. The van der Waals surface area contributed by atoms with Crippen molar-refractivity contribution in [3.05, 3.63) is 101 Å². The summed E-state index contributed by atoms with van der Waals surface area (Å²) in [7, 11) is 0. The maximum atomic E-state index is 15.0. The Balaban J connectivity index is 1.95. The van der Waals surface area contributed by atoms with Crippen LogP contribution >= 0.6 is 0 Å². The number of aliphatic hydroxyl groups is 1. The number of anilines is 1. The minimum atomic E-state index is -1.12. The van der Waals surface area contributed by atoms with E-state index in [-0.39, 0.29) is 23.0 Å². The standard InChI is InChI=1S/C27H24FNO4/c1-16(2)33-19-11-8-10-18(15-19)25(30)23-24(20-12-5-6-13-21(20)28)29(27(32)26(23)31)22-14-7-4-9-17(22)3/h4-16,24,30H,1-3H3/b25-23+. The Bertz CT molecular complexity index is 1260. The number of ether oxygens (including phenoxy) is 1. The minimum Gasteiger partial charge on any atom is -0.507 e. The molecule has 1 fully saturated rings. The van der Waals surface area contributed by atoms with Crippen LogP contribution in [-0.4, -0.2) is 22.9 Å². The monoisotopic (exact) mass is 445 g/mol. The zero-order valence-electron chi connectivity index (χ0n) is 18.6. The average Bonchev–Trinajstić information content (AvgIpc) is 3.04. The summed E-state index contributed by atoms with van der Waals surface area (Å²) in [5.41, 5.74) is 1.47. The van der Waals surface area contributed by atoms with Crippen molar-refractivity contribution < 1.29 is 23.8 Å². The number of benzene rings is 3. The molecule has 0 aromatic heterocycles. The molecule has 1 N–H and O–H groups in total. The van der Waals surface area contributed by atoms with Crippen molar-refractivity contribution in [3.63, 3.8) is 0 Å². The first-order chi connectivity index (χ1) is 15.8. The fourth-order valence-electron chi connectivity index (χ4n) is 4.05. The second kappa shape index (κ2) is 8.90. The van der Waals surface area contributed by atoms with Gasteiger partial charge in [0, 0.05) is 16.8 Å². The van der Waals surface area contributed by atoms with Crippen LogP contribution in [-0.2, 0) is 9.59 Å². The summed E-state index contributed by atoms with van der Waals surface area (Å²) in [5, 5.41) is 11.2. The van der Waals surface area contributed by atoms with Crippen molar-refractivity contribution in [3.8, 4) is 5.75 Å². The summed E-state index contributed by atoms with van der Waals surface area (Å²) in [6.07, 6.45) is -0.0903. The van der Waals surface area contributed by atoms with Crippen LogP contribution in [0.1, 0.15) is 36.6 Å². The van der Waals surface area contributed by atoms with Crippen LogP contribution in [0.25, 0.3) is 5.76 Å². The van der Waals surface area contributed by atoms with E-state index in [1.807, 2.05) is 19.9 Å². The van der Waals surface area contributed by atoms with E-state index >= 15 is 0 Å². The van der Waals surface area contributed by atoms with Gasteiger partial charge in [0.15, 0.2) is 0 Å². The van der Waals surface area contributed by atoms with Crippen LogP contribution in [0.3, 0.4) is 0 Å². The average molecular weight is 445 g/mol. The van der Waals surface area contributed by atoms with Gasteiger partial charge in [0.05, 0.1) is 17.7 Å². The number of amides is 1. The Kier molecular flexibility index (Phi) is 6.01. The molecular formula is C27H24FNO4. The Morgan fingerprint density at radius 1 is 1.00 bits per heavy atom. The number of para-hydroxylation sites is 1. The molecular weight excluding hydrogens is 421 g/mol. The first-order valence-electron chi connectivity index (χ1n) is 10.7. The van der Waals surface area contributed by atoms with Crippen molar-refractivity contribution in [1.82, 2.24) is 0 Å². The molecule has 0 bridgehead atoms. The van der Waals surface area contributed by atoms with E-state index in [1.165, 1.54) is 23.1 Å².